The molecule has 38 heavy (non-hydrogen) atoms. The summed E-state index contributed by atoms with van der Waals surface area (Å²) in [6.45, 7) is 4.69. The van der Waals surface area contributed by atoms with Crippen molar-refractivity contribution >= 4 is 33.9 Å². The predicted octanol–water partition coefficient (Wildman–Crippen LogP) is 3.44. The molecule has 1 aromatic carbocycles. The van der Waals surface area contributed by atoms with Crippen LogP contribution >= 0.6 is 0 Å². The van der Waals surface area contributed by atoms with Crippen molar-refractivity contribution in [3.8, 4) is 0 Å². The van der Waals surface area contributed by atoms with E-state index in [1.807, 2.05) is 23.1 Å². The van der Waals surface area contributed by atoms with Crippen molar-refractivity contribution in [3.63, 3.8) is 0 Å². The smallest absolute Gasteiger partial charge is 0.248 e. The van der Waals surface area contributed by atoms with Crippen LogP contribution in [-0.4, -0.2) is 72.9 Å². The summed E-state index contributed by atoms with van der Waals surface area (Å²) in [5, 5.41) is 3.85. The van der Waals surface area contributed by atoms with Gasteiger partial charge in [0.05, 0.1) is 0 Å². The second kappa shape index (κ2) is 11.0. The molecule has 2 aromatic heterocycles. The lowest BCUT2D eigenvalue weighted by Crippen LogP contribution is -2.52. The van der Waals surface area contributed by atoms with Gasteiger partial charge in [-0.1, -0.05) is 29.4 Å². The van der Waals surface area contributed by atoms with E-state index in [4.69, 9.17) is 4.52 Å². The topological polar surface area (TPSA) is 99.8 Å². The van der Waals surface area contributed by atoms with Gasteiger partial charge in [0.15, 0.2) is 10.7 Å². The molecule has 2 fully saturated rings. The highest BCUT2D eigenvalue weighted by molar-refractivity contribution is 7.89. The van der Waals surface area contributed by atoms with Gasteiger partial charge in [0, 0.05) is 56.9 Å². The van der Waals surface area contributed by atoms with Crippen LogP contribution in [0.25, 0.3) is 12.2 Å². The number of aryl methyl sites for hydroxylation is 1. The molecule has 2 aliphatic heterocycles. The van der Waals surface area contributed by atoms with Crippen molar-refractivity contribution in [2.45, 2.75) is 24.7 Å². The summed E-state index contributed by atoms with van der Waals surface area (Å²) in [6, 6.07) is 12.0. The number of hydrogen-bond acceptors (Lipinski definition) is 7. The van der Waals surface area contributed by atoms with Crippen molar-refractivity contribution in [1.82, 2.24) is 19.3 Å². The molecule has 0 radical (unpaired) electrons. The summed E-state index contributed by atoms with van der Waals surface area (Å²) in [4.78, 5) is 21.6. The molecule has 0 aliphatic carbocycles. The third kappa shape index (κ3) is 5.34. The third-order valence-electron chi connectivity index (χ3n) is 7.12. The zero-order valence-corrected chi connectivity index (χ0v) is 22.0. The van der Waals surface area contributed by atoms with Crippen molar-refractivity contribution in [3.05, 3.63) is 71.5 Å². The van der Waals surface area contributed by atoms with E-state index in [0.29, 0.717) is 44.6 Å². The number of piperidine rings is 1. The summed E-state index contributed by atoms with van der Waals surface area (Å²) in [7, 11) is -3.91. The van der Waals surface area contributed by atoms with Gasteiger partial charge in [-0.15, -0.1) is 0 Å². The largest absolute Gasteiger partial charge is 0.355 e. The van der Waals surface area contributed by atoms with Crippen LogP contribution < -0.4 is 4.90 Å². The van der Waals surface area contributed by atoms with Crippen LogP contribution in [0.2, 0.25) is 0 Å². The highest BCUT2D eigenvalue weighted by Gasteiger charge is 2.37. The van der Waals surface area contributed by atoms with Crippen LogP contribution in [0.4, 0.5) is 10.2 Å². The third-order valence-corrected chi connectivity index (χ3v) is 9.18. The summed E-state index contributed by atoms with van der Waals surface area (Å²) >= 11 is 0. The average molecular weight is 540 g/mol. The number of amides is 1. The number of pyridine rings is 1. The Kier molecular flexibility index (Phi) is 7.57. The van der Waals surface area contributed by atoms with E-state index in [2.05, 4.69) is 15.0 Å². The number of benzene rings is 1. The van der Waals surface area contributed by atoms with Gasteiger partial charge in [0.2, 0.25) is 15.9 Å². The zero-order chi connectivity index (χ0) is 26.7. The van der Waals surface area contributed by atoms with Crippen LogP contribution in [0, 0.1) is 18.7 Å². The highest BCUT2D eigenvalue weighted by Crippen LogP contribution is 2.30. The summed E-state index contributed by atoms with van der Waals surface area (Å²) in [5.74, 6) is 0.401. The van der Waals surface area contributed by atoms with Gasteiger partial charge in [-0.2, -0.15) is 4.31 Å². The van der Waals surface area contributed by atoms with Crippen molar-refractivity contribution in [2.75, 3.05) is 44.2 Å². The number of halogens is 1. The van der Waals surface area contributed by atoms with Crippen LogP contribution in [-0.2, 0) is 14.8 Å². The Balaban J connectivity index is 1.21. The number of rotatable bonds is 6. The minimum atomic E-state index is -3.91. The first-order valence-corrected chi connectivity index (χ1v) is 14.1. The molecule has 0 atom stereocenters. The van der Waals surface area contributed by atoms with E-state index in [9.17, 15) is 17.6 Å². The molecule has 0 unspecified atom stereocenters. The molecule has 5 rings (SSSR count). The molecule has 3 aromatic rings. The lowest BCUT2D eigenvalue weighted by molar-refractivity contribution is -0.137. The number of sulfonamides is 1. The molecule has 0 N–H and O–H groups in total. The predicted molar refractivity (Wildman–Crippen MR) is 141 cm³/mol. The molecular weight excluding hydrogens is 509 g/mol. The minimum absolute atomic E-state index is 0.0273. The number of nitrogens with zero attached hydrogens (tertiary/aromatic N) is 5. The van der Waals surface area contributed by atoms with Crippen LogP contribution in [0.1, 0.15) is 29.9 Å². The van der Waals surface area contributed by atoms with E-state index in [0.717, 1.165) is 5.82 Å². The monoisotopic (exact) mass is 539 g/mol. The fourth-order valence-corrected chi connectivity index (χ4v) is 6.72. The normalized spacial score (nSPS) is 17.8. The Labute approximate surface area is 221 Å². The fraction of sp³-hybridized carbons (Fsp3) is 0.370. The molecule has 2 aliphatic rings. The van der Waals surface area contributed by atoms with E-state index < -0.39 is 15.8 Å². The van der Waals surface area contributed by atoms with Gasteiger partial charge >= 0.3 is 0 Å². The molecule has 4 heterocycles. The quantitative estimate of drug-likeness (QED) is 0.473. The standard InChI is InChI=1S/C27H30FN5O4S/c1-20-26(24(37-30-20)10-9-21-6-2-3-7-23(21)28)38(35,36)33-14-11-22(12-15-33)27(34)32-18-16-31(17-19-32)25-8-4-5-13-29-25/h2-10,13,22H,11-12,14-19H2,1H3/b10-9+. The molecule has 0 bridgehead atoms. The van der Waals surface area contributed by atoms with Gasteiger partial charge in [-0.3, -0.25) is 4.79 Å². The Morgan fingerprint density at radius 2 is 1.71 bits per heavy atom. The minimum Gasteiger partial charge on any atom is -0.355 e. The maximum atomic E-state index is 14.0. The zero-order valence-electron chi connectivity index (χ0n) is 21.2. The lowest BCUT2D eigenvalue weighted by Gasteiger charge is -2.38. The Morgan fingerprint density at radius 1 is 1.00 bits per heavy atom. The number of hydrogen-bond donors (Lipinski definition) is 0. The number of anilines is 1. The number of carbonyl (C=O) groups excluding carboxylic acids is 1. The SMILES string of the molecule is Cc1noc(/C=C/c2ccccc2F)c1S(=O)(=O)N1CCC(C(=O)N2CCN(c3ccccn3)CC2)CC1. The molecule has 9 nitrogen and oxygen atoms in total. The Bertz CT molecular complexity index is 1410. The second-order valence-corrected chi connectivity index (χ2v) is 11.4. The summed E-state index contributed by atoms with van der Waals surface area (Å²) in [5.41, 5.74) is 0.548. The van der Waals surface area contributed by atoms with Crippen LogP contribution in [0.3, 0.4) is 0 Å². The molecule has 200 valence electrons. The first kappa shape index (κ1) is 26.1. The number of carbonyl (C=O) groups is 1. The molecule has 2 saturated heterocycles. The van der Waals surface area contributed by atoms with Crippen molar-refractivity contribution < 1.29 is 22.1 Å². The molecular formula is C27H30FN5O4S. The van der Waals surface area contributed by atoms with Gasteiger partial charge < -0.3 is 14.3 Å². The fourth-order valence-electron chi connectivity index (χ4n) is 5.00. The first-order chi connectivity index (χ1) is 18.3. The molecule has 0 spiro atoms. The van der Waals surface area contributed by atoms with E-state index in [1.165, 1.54) is 22.5 Å². The highest BCUT2D eigenvalue weighted by atomic mass is 32.2. The average Bonchev–Trinajstić information content (AvgIpc) is 3.34. The molecule has 0 saturated carbocycles. The van der Waals surface area contributed by atoms with Crippen molar-refractivity contribution in [2.24, 2.45) is 5.92 Å². The lowest BCUT2D eigenvalue weighted by atomic mass is 9.96. The van der Waals surface area contributed by atoms with E-state index in [1.54, 1.807) is 31.3 Å². The first-order valence-electron chi connectivity index (χ1n) is 12.7. The van der Waals surface area contributed by atoms with Gasteiger partial charge in [-0.05, 0) is 50.1 Å². The second-order valence-electron chi connectivity index (χ2n) is 9.49. The van der Waals surface area contributed by atoms with E-state index >= 15 is 0 Å². The maximum Gasteiger partial charge on any atom is 0.248 e. The van der Waals surface area contributed by atoms with Gasteiger partial charge in [0.25, 0.3) is 0 Å². The number of piperazine rings is 1. The van der Waals surface area contributed by atoms with Crippen LogP contribution in [0.5, 0.6) is 0 Å². The molecule has 1 amide bonds. The number of aromatic nitrogens is 2. The molecule has 11 heteroatoms. The summed E-state index contributed by atoms with van der Waals surface area (Å²) in [6.07, 6.45) is 5.55. The Hall–Kier alpha value is -3.57. The Morgan fingerprint density at radius 3 is 2.39 bits per heavy atom. The summed E-state index contributed by atoms with van der Waals surface area (Å²) < 4.78 is 47.7. The maximum absolute atomic E-state index is 14.0. The van der Waals surface area contributed by atoms with E-state index in [-0.39, 0.29) is 41.3 Å². The van der Waals surface area contributed by atoms with Gasteiger partial charge in [0.1, 0.15) is 17.3 Å². The van der Waals surface area contributed by atoms with Gasteiger partial charge in [-0.25, -0.2) is 17.8 Å². The van der Waals surface area contributed by atoms with Crippen LogP contribution in [0.15, 0.2) is 58.1 Å². The van der Waals surface area contributed by atoms with Crippen molar-refractivity contribution in [1.29, 1.82) is 0 Å².